The van der Waals surface area contributed by atoms with Gasteiger partial charge in [-0.15, -0.1) is 0 Å². The Morgan fingerprint density at radius 2 is 2.12 bits per heavy atom. The van der Waals surface area contributed by atoms with Crippen molar-refractivity contribution in [3.63, 3.8) is 0 Å². The van der Waals surface area contributed by atoms with Gasteiger partial charge >= 0.3 is 0 Å². The zero-order valence-corrected chi connectivity index (χ0v) is 11.8. The maximum absolute atomic E-state index is 4.41. The van der Waals surface area contributed by atoms with Crippen molar-refractivity contribution in [1.29, 1.82) is 0 Å². The highest BCUT2D eigenvalue weighted by molar-refractivity contribution is 9.10. The topological polar surface area (TPSA) is 29.9 Å². The van der Waals surface area contributed by atoms with Crippen molar-refractivity contribution in [2.24, 2.45) is 7.05 Å². The van der Waals surface area contributed by atoms with Gasteiger partial charge in [-0.1, -0.05) is 22.0 Å². The molecule has 1 aromatic heterocycles. The third kappa shape index (κ3) is 2.58. The molecule has 1 N–H and O–H groups in total. The molecule has 0 aliphatic heterocycles. The predicted octanol–water partition coefficient (Wildman–Crippen LogP) is 2.80. The summed E-state index contributed by atoms with van der Waals surface area (Å²) in [5.41, 5.74) is 2.46. The zero-order chi connectivity index (χ0) is 12.4. The van der Waals surface area contributed by atoms with Gasteiger partial charge in [0.05, 0.1) is 6.04 Å². The van der Waals surface area contributed by atoms with Crippen LogP contribution in [0.15, 0.2) is 35.1 Å². The van der Waals surface area contributed by atoms with E-state index in [1.54, 1.807) is 0 Å². The van der Waals surface area contributed by atoms with Crippen LogP contribution < -0.4 is 5.32 Å². The number of halogens is 1. The molecule has 4 heteroatoms. The van der Waals surface area contributed by atoms with Crippen molar-refractivity contribution in [2.45, 2.75) is 13.0 Å². The van der Waals surface area contributed by atoms with E-state index in [1.165, 1.54) is 11.1 Å². The number of rotatable bonds is 3. The number of hydrogen-bond donors (Lipinski definition) is 1. The normalized spacial score (nSPS) is 12.7. The highest BCUT2D eigenvalue weighted by atomic mass is 79.9. The largest absolute Gasteiger partial charge is 0.336 e. The van der Waals surface area contributed by atoms with Crippen LogP contribution in [0.25, 0.3) is 0 Å². The van der Waals surface area contributed by atoms with Gasteiger partial charge in [-0.3, -0.25) is 0 Å². The van der Waals surface area contributed by atoms with Crippen LogP contribution in [0.5, 0.6) is 0 Å². The van der Waals surface area contributed by atoms with Crippen molar-refractivity contribution in [1.82, 2.24) is 14.9 Å². The van der Waals surface area contributed by atoms with Gasteiger partial charge in [0.25, 0.3) is 0 Å². The van der Waals surface area contributed by atoms with E-state index in [0.29, 0.717) is 0 Å². The van der Waals surface area contributed by atoms with Crippen LogP contribution in [-0.2, 0) is 7.05 Å². The summed E-state index contributed by atoms with van der Waals surface area (Å²) >= 11 is 3.54. The molecule has 3 nitrogen and oxygen atoms in total. The molecule has 0 radical (unpaired) electrons. The van der Waals surface area contributed by atoms with E-state index >= 15 is 0 Å². The van der Waals surface area contributed by atoms with Gasteiger partial charge in [0.2, 0.25) is 0 Å². The van der Waals surface area contributed by atoms with Gasteiger partial charge in [0.15, 0.2) is 0 Å². The minimum Gasteiger partial charge on any atom is -0.336 e. The molecular weight excluding hydrogens is 278 g/mol. The summed E-state index contributed by atoms with van der Waals surface area (Å²) in [5, 5.41) is 3.31. The molecule has 0 saturated carbocycles. The fraction of sp³-hybridized carbons (Fsp3) is 0.308. The van der Waals surface area contributed by atoms with E-state index in [9.17, 15) is 0 Å². The summed E-state index contributed by atoms with van der Waals surface area (Å²) in [4.78, 5) is 4.41. The molecule has 2 rings (SSSR count). The molecule has 90 valence electrons. The summed E-state index contributed by atoms with van der Waals surface area (Å²) in [5.74, 6) is 1.02. The highest BCUT2D eigenvalue weighted by Gasteiger charge is 2.16. The van der Waals surface area contributed by atoms with Crippen LogP contribution in [0.2, 0.25) is 0 Å². The van der Waals surface area contributed by atoms with E-state index in [-0.39, 0.29) is 6.04 Å². The number of aromatic nitrogens is 2. The Morgan fingerprint density at radius 1 is 1.35 bits per heavy atom. The molecule has 17 heavy (non-hydrogen) atoms. The maximum atomic E-state index is 4.41. The van der Waals surface area contributed by atoms with Gasteiger partial charge < -0.3 is 9.88 Å². The van der Waals surface area contributed by atoms with Gasteiger partial charge in [0, 0.05) is 23.9 Å². The number of benzene rings is 1. The first kappa shape index (κ1) is 12.3. The van der Waals surface area contributed by atoms with Crippen LogP contribution in [0.3, 0.4) is 0 Å². The summed E-state index contributed by atoms with van der Waals surface area (Å²) < 4.78 is 3.14. The summed E-state index contributed by atoms with van der Waals surface area (Å²) in [7, 11) is 3.97. The van der Waals surface area contributed by atoms with Crippen molar-refractivity contribution in [3.8, 4) is 0 Å². The zero-order valence-electron chi connectivity index (χ0n) is 10.2. The lowest BCUT2D eigenvalue weighted by Gasteiger charge is -2.17. The number of hydrogen-bond acceptors (Lipinski definition) is 2. The molecule has 1 aromatic carbocycles. The maximum Gasteiger partial charge on any atom is 0.130 e. The molecule has 0 aliphatic carbocycles. The monoisotopic (exact) mass is 293 g/mol. The van der Waals surface area contributed by atoms with Crippen molar-refractivity contribution in [2.75, 3.05) is 7.05 Å². The van der Waals surface area contributed by atoms with Crippen molar-refractivity contribution < 1.29 is 0 Å². The summed E-state index contributed by atoms with van der Waals surface area (Å²) in [6, 6.07) is 6.53. The SMILES string of the molecule is CNC(c1cc(C)cc(Br)c1)c1nccn1C. The second-order valence-electron chi connectivity index (χ2n) is 4.18. The van der Waals surface area contributed by atoms with Crippen LogP contribution in [-0.4, -0.2) is 16.6 Å². The van der Waals surface area contributed by atoms with Crippen LogP contribution in [0, 0.1) is 6.92 Å². The molecule has 1 atom stereocenters. The molecule has 2 aromatic rings. The fourth-order valence-corrected chi connectivity index (χ4v) is 2.66. The third-order valence-electron chi connectivity index (χ3n) is 2.80. The second-order valence-corrected chi connectivity index (χ2v) is 5.10. The third-order valence-corrected chi connectivity index (χ3v) is 3.26. The van der Waals surface area contributed by atoms with Crippen molar-refractivity contribution in [3.05, 3.63) is 52.0 Å². The Bertz CT molecular complexity index is 499. The van der Waals surface area contributed by atoms with Crippen LogP contribution >= 0.6 is 15.9 Å². The van der Waals surface area contributed by atoms with E-state index in [0.717, 1.165) is 10.3 Å². The number of aryl methyl sites for hydroxylation is 2. The van der Waals surface area contributed by atoms with E-state index in [1.807, 2.05) is 31.1 Å². The number of nitrogens with zero attached hydrogens (tertiary/aromatic N) is 2. The van der Waals surface area contributed by atoms with Gasteiger partial charge in [-0.05, 0) is 37.2 Å². The highest BCUT2D eigenvalue weighted by Crippen LogP contribution is 2.24. The average Bonchev–Trinajstić information content (AvgIpc) is 2.65. The van der Waals surface area contributed by atoms with Crippen LogP contribution in [0.4, 0.5) is 0 Å². The number of imidazole rings is 1. The minimum absolute atomic E-state index is 0.117. The molecule has 0 fully saturated rings. The van der Waals surface area contributed by atoms with Crippen LogP contribution in [0.1, 0.15) is 23.0 Å². The Labute approximate surface area is 110 Å². The first-order valence-corrected chi connectivity index (χ1v) is 6.32. The smallest absolute Gasteiger partial charge is 0.130 e. The van der Waals surface area contributed by atoms with Crippen molar-refractivity contribution >= 4 is 15.9 Å². The lowest BCUT2D eigenvalue weighted by molar-refractivity contribution is 0.617. The van der Waals surface area contributed by atoms with E-state index in [4.69, 9.17) is 0 Å². The molecule has 0 spiro atoms. The summed E-state index contributed by atoms with van der Waals surface area (Å²) in [6.07, 6.45) is 3.79. The number of nitrogens with one attached hydrogen (secondary N) is 1. The minimum atomic E-state index is 0.117. The lowest BCUT2D eigenvalue weighted by Crippen LogP contribution is -2.21. The molecule has 1 heterocycles. The molecule has 0 amide bonds. The summed E-state index contributed by atoms with van der Waals surface area (Å²) in [6.45, 7) is 2.10. The fourth-order valence-electron chi connectivity index (χ4n) is 2.03. The van der Waals surface area contributed by atoms with Gasteiger partial charge in [-0.2, -0.15) is 0 Å². The lowest BCUT2D eigenvalue weighted by atomic mass is 10.0. The Morgan fingerprint density at radius 3 is 2.65 bits per heavy atom. The standard InChI is InChI=1S/C13H16BrN3/c1-9-6-10(8-11(14)7-9)12(15-2)13-16-4-5-17(13)3/h4-8,12,15H,1-3H3. The van der Waals surface area contributed by atoms with E-state index < -0.39 is 0 Å². The molecule has 0 saturated heterocycles. The first-order valence-electron chi connectivity index (χ1n) is 5.53. The Balaban J connectivity index is 2.45. The second kappa shape index (κ2) is 5.02. The molecule has 0 bridgehead atoms. The van der Waals surface area contributed by atoms with Gasteiger partial charge in [-0.25, -0.2) is 4.98 Å². The predicted molar refractivity (Wildman–Crippen MR) is 73.0 cm³/mol. The quantitative estimate of drug-likeness (QED) is 0.943. The average molecular weight is 294 g/mol. The van der Waals surface area contributed by atoms with E-state index in [2.05, 4.69) is 51.4 Å². The Hall–Kier alpha value is -1.13. The molecule has 0 aliphatic rings. The first-order chi connectivity index (χ1) is 8.11. The van der Waals surface area contributed by atoms with Gasteiger partial charge in [0.1, 0.15) is 5.82 Å². The molecular formula is C13H16BrN3. The Kier molecular flexibility index (Phi) is 3.64. The molecule has 1 unspecified atom stereocenters.